The number of oxime groups is 1. The third-order valence-corrected chi connectivity index (χ3v) is 5.43. The van der Waals surface area contributed by atoms with Gasteiger partial charge in [-0.25, -0.2) is 4.98 Å². The third-order valence-electron chi connectivity index (χ3n) is 4.54. The van der Waals surface area contributed by atoms with E-state index in [0.717, 1.165) is 32.5 Å². The Balaban J connectivity index is 1.58. The van der Waals surface area contributed by atoms with Crippen molar-refractivity contribution in [2.24, 2.45) is 5.16 Å². The van der Waals surface area contributed by atoms with Crippen LogP contribution in [0.5, 0.6) is 0 Å². The molecule has 1 atom stereocenters. The Morgan fingerprint density at radius 3 is 2.92 bits per heavy atom. The Labute approximate surface area is 165 Å². The fraction of sp³-hybridized carbons (Fsp3) is 0.200. The molecule has 3 heterocycles. The summed E-state index contributed by atoms with van der Waals surface area (Å²) in [6.07, 6.45) is 8.33. The highest BCUT2D eigenvalue weighted by molar-refractivity contribution is 9.10. The Kier molecular flexibility index (Phi) is 4.37. The predicted molar refractivity (Wildman–Crippen MR) is 109 cm³/mol. The minimum atomic E-state index is -0.501. The van der Waals surface area contributed by atoms with Gasteiger partial charge in [0.2, 0.25) is 0 Å². The zero-order valence-corrected chi connectivity index (χ0v) is 16.8. The molecule has 0 saturated heterocycles. The van der Waals surface area contributed by atoms with Crippen LogP contribution in [0, 0.1) is 6.92 Å². The van der Waals surface area contributed by atoms with Crippen LogP contribution in [0.15, 0.2) is 58.6 Å². The normalized spacial score (nSPS) is 19.9. The van der Waals surface area contributed by atoms with Gasteiger partial charge in [-0.3, -0.25) is 4.40 Å². The minimum absolute atomic E-state index is 0.501. The van der Waals surface area contributed by atoms with E-state index in [9.17, 15) is 0 Å². The molecule has 1 unspecified atom stereocenters. The van der Waals surface area contributed by atoms with Crippen LogP contribution >= 0.6 is 27.5 Å². The van der Waals surface area contributed by atoms with E-state index in [2.05, 4.69) is 32.1 Å². The lowest BCUT2D eigenvalue weighted by molar-refractivity contribution is -0.00742. The first-order valence-electron chi connectivity index (χ1n) is 8.26. The maximum atomic E-state index is 6.21. The van der Waals surface area contributed by atoms with Crippen LogP contribution in [0.1, 0.15) is 30.2 Å². The van der Waals surface area contributed by atoms with Gasteiger partial charge in [0, 0.05) is 21.6 Å². The molecule has 0 bridgehead atoms. The van der Waals surface area contributed by atoms with Gasteiger partial charge in [-0.05, 0) is 77.3 Å². The molecule has 0 amide bonds. The van der Waals surface area contributed by atoms with E-state index in [1.807, 2.05) is 60.9 Å². The molecular formula is C20H17BrClN3O. The van der Waals surface area contributed by atoms with Gasteiger partial charge >= 0.3 is 0 Å². The molecule has 1 aliphatic heterocycles. The number of aryl methyl sites for hydroxylation is 1. The number of benzene rings is 1. The smallest absolute Gasteiger partial charge is 0.165 e. The number of hydrogen-bond acceptors (Lipinski definition) is 3. The van der Waals surface area contributed by atoms with Gasteiger partial charge < -0.3 is 4.84 Å². The van der Waals surface area contributed by atoms with Crippen LogP contribution < -0.4 is 0 Å². The van der Waals surface area contributed by atoms with Crippen molar-refractivity contribution in [1.29, 1.82) is 0 Å². The average molecular weight is 431 g/mol. The second-order valence-electron chi connectivity index (χ2n) is 6.69. The fourth-order valence-electron chi connectivity index (χ4n) is 3.17. The van der Waals surface area contributed by atoms with Crippen LogP contribution in [0.25, 0.3) is 11.6 Å². The number of nitrogens with zero attached hydrogens (tertiary/aromatic N) is 3. The van der Waals surface area contributed by atoms with Crippen molar-refractivity contribution < 1.29 is 4.84 Å². The van der Waals surface area contributed by atoms with Crippen LogP contribution in [-0.4, -0.2) is 15.1 Å². The number of fused-ring (bicyclic) bond motifs is 1. The molecule has 0 saturated carbocycles. The first-order chi connectivity index (χ1) is 12.4. The Bertz CT molecular complexity index is 1040. The number of hydrogen-bond donors (Lipinski definition) is 0. The van der Waals surface area contributed by atoms with E-state index in [1.165, 1.54) is 0 Å². The quantitative estimate of drug-likeness (QED) is 0.529. The highest BCUT2D eigenvalue weighted by Gasteiger charge is 2.35. The van der Waals surface area contributed by atoms with Gasteiger partial charge in [-0.15, -0.1) is 0 Å². The maximum Gasteiger partial charge on any atom is 0.165 e. The molecule has 4 nitrogen and oxygen atoms in total. The number of imidazole rings is 1. The molecule has 0 aliphatic carbocycles. The van der Waals surface area contributed by atoms with E-state index in [4.69, 9.17) is 16.4 Å². The van der Waals surface area contributed by atoms with Crippen LogP contribution in [0.2, 0.25) is 5.02 Å². The molecule has 0 radical (unpaired) electrons. The van der Waals surface area contributed by atoms with Crippen molar-refractivity contribution in [3.63, 3.8) is 0 Å². The second kappa shape index (κ2) is 6.56. The number of pyridine rings is 1. The van der Waals surface area contributed by atoms with Crippen LogP contribution in [-0.2, 0) is 10.4 Å². The molecule has 1 aliphatic rings. The summed E-state index contributed by atoms with van der Waals surface area (Å²) in [4.78, 5) is 9.99. The zero-order valence-electron chi connectivity index (χ0n) is 14.4. The van der Waals surface area contributed by atoms with Gasteiger partial charge in [0.15, 0.2) is 5.60 Å². The summed E-state index contributed by atoms with van der Waals surface area (Å²) in [7, 11) is 0. The topological polar surface area (TPSA) is 38.9 Å². The van der Waals surface area contributed by atoms with Gasteiger partial charge in [-0.1, -0.05) is 22.8 Å². The minimum Gasteiger partial charge on any atom is -0.384 e. The summed E-state index contributed by atoms with van der Waals surface area (Å²) in [5.74, 6) is 0. The molecule has 3 aromatic rings. The molecule has 0 N–H and O–H groups in total. The van der Waals surface area contributed by atoms with E-state index in [1.54, 1.807) is 6.33 Å². The summed E-state index contributed by atoms with van der Waals surface area (Å²) >= 11 is 9.75. The number of halogens is 2. The van der Waals surface area contributed by atoms with Gasteiger partial charge in [-0.2, -0.15) is 0 Å². The fourth-order valence-corrected chi connectivity index (χ4v) is 3.89. The Hall–Kier alpha value is -2.11. The molecule has 0 spiro atoms. The van der Waals surface area contributed by atoms with Crippen LogP contribution in [0.4, 0.5) is 0 Å². The molecule has 132 valence electrons. The summed E-state index contributed by atoms with van der Waals surface area (Å²) in [5.41, 5.74) is 4.58. The lowest BCUT2D eigenvalue weighted by Gasteiger charge is -2.22. The van der Waals surface area contributed by atoms with Crippen LogP contribution in [0.3, 0.4) is 0 Å². The first-order valence-corrected chi connectivity index (χ1v) is 9.43. The monoisotopic (exact) mass is 429 g/mol. The highest BCUT2D eigenvalue weighted by Crippen LogP contribution is 2.36. The standard InChI is InChI=1S/C20H17BrClN3O/c1-13-7-14(9-15(22)8-13)20(2)10-16(24-26-20)3-4-17-5-6-18(21)19-11-23-12-25(17)19/h3-9,11-12H,10H2,1-2H3/b4-3+. The number of aromatic nitrogens is 2. The predicted octanol–water partition coefficient (Wildman–Crippen LogP) is 5.76. The maximum absolute atomic E-state index is 6.21. The van der Waals surface area contributed by atoms with Crippen molar-refractivity contribution >= 4 is 44.8 Å². The molecule has 0 fully saturated rings. The summed E-state index contributed by atoms with van der Waals surface area (Å²) in [6.45, 7) is 4.06. The van der Waals surface area contributed by atoms with Crippen molar-refractivity contribution in [3.8, 4) is 0 Å². The summed E-state index contributed by atoms with van der Waals surface area (Å²) in [5, 5.41) is 4.99. The van der Waals surface area contributed by atoms with E-state index >= 15 is 0 Å². The highest BCUT2D eigenvalue weighted by atomic mass is 79.9. The van der Waals surface area contributed by atoms with Crippen molar-refractivity contribution in [3.05, 3.63) is 75.2 Å². The molecule has 26 heavy (non-hydrogen) atoms. The van der Waals surface area contributed by atoms with Crippen molar-refractivity contribution in [2.45, 2.75) is 25.9 Å². The summed E-state index contributed by atoms with van der Waals surface area (Å²) < 4.78 is 3.04. The second-order valence-corrected chi connectivity index (χ2v) is 7.98. The summed E-state index contributed by atoms with van der Waals surface area (Å²) in [6, 6.07) is 10.0. The molecular weight excluding hydrogens is 414 g/mol. The van der Waals surface area contributed by atoms with Crippen molar-refractivity contribution in [1.82, 2.24) is 9.38 Å². The van der Waals surface area contributed by atoms with Gasteiger partial charge in [0.05, 0.1) is 23.8 Å². The van der Waals surface area contributed by atoms with E-state index < -0.39 is 5.60 Å². The lowest BCUT2D eigenvalue weighted by Crippen LogP contribution is -2.21. The van der Waals surface area contributed by atoms with E-state index in [-0.39, 0.29) is 0 Å². The lowest BCUT2D eigenvalue weighted by atomic mass is 9.90. The van der Waals surface area contributed by atoms with E-state index in [0.29, 0.717) is 11.4 Å². The first kappa shape index (κ1) is 17.3. The van der Waals surface area contributed by atoms with Gasteiger partial charge in [0.1, 0.15) is 0 Å². The zero-order chi connectivity index (χ0) is 18.3. The number of rotatable bonds is 3. The molecule has 6 heteroatoms. The van der Waals surface area contributed by atoms with Crippen molar-refractivity contribution in [2.75, 3.05) is 0 Å². The average Bonchev–Trinajstić information content (AvgIpc) is 3.22. The van der Waals surface area contributed by atoms with Gasteiger partial charge in [0.25, 0.3) is 0 Å². The molecule has 4 rings (SSSR count). The Morgan fingerprint density at radius 2 is 2.12 bits per heavy atom. The number of allylic oxidation sites excluding steroid dienone is 1. The third kappa shape index (κ3) is 3.17. The Morgan fingerprint density at radius 1 is 1.27 bits per heavy atom. The molecule has 2 aromatic heterocycles. The molecule has 1 aromatic carbocycles. The largest absolute Gasteiger partial charge is 0.384 e. The SMILES string of the molecule is Cc1cc(Cl)cc(C2(C)CC(/C=C/c3ccc(Br)c4cncn34)=NO2)c1.